The fraction of sp³-hybridized carbons (Fsp3) is 0.562. The highest BCUT2D eigenvalue weighted by atomic mass is 16.4. The predicted octanol–water partition coefficient (Wildman–Crippen LogP) is 3.11. The van der Waals surface area contributed by atoms with Gasteiger partial charge in [0.1, 0.15) is 0 Å². The van der Waals surface area contributed by atoms with Crippen molar-refractivity contribution in [3.63, 3.8) is 0 Å². The van der Waals surface area contributed by atoms with Gasteiger partial charge in [-0.3, -0.25) is 9.69 Å². The smallest absolute Gasteiger partial charge is 0.310 e. The second-order valence-electron chi connectivity index (χ2n) is 6.22. The van der Waals surface area contributed by atoms with Crippen LogP contribution < -0.4 is 0 Å². The molecule has 0 aliphatic carbocycles. The van der Waals surface area contributed by atoms with Gasteiger partial charge in [0.2, 0.25) is 0 Å². The Balaban J connectivity index is 1.97. The van der Waals surface area contributed by atoms with Crippen LogP contribution >= 0.6 is 0 Å². The first-order valence-corrected chi connectivity index (χ1v) is 6.95. The highest BCUT2D eigenvalue weighted by Gasteiger charge is 2.40. The van der Waals surface area contributed by atoms with E-state index in [0.717, 1.165) is 19.5 Å². The van der Waals surface area contributed by atoms with Crippen molar-refractivity contribution in [3.8, 4) is 0 Å². The Morgan fingerprint density at radius 3 is 2.47 bits per heavy atom. The van der Waals surface area contributed by atoms with Crippen molar-refractivity contribution >= 4 is 5.97 Å². The molecule has 0 saturated carbocycles. The average molecular weight is 261 g/mol. The van der Waals surface area contributed by atoms with Gasteiger partial charge in [0.25, 0.3) is 0 Å². The van der Waals surface area contributed by atoms with Gasteiger partial charge in [-0.15, -0.1) is 0 Å². The van der Waals surface area contributed by atoms with E-state index >= 15 is 0 Å². The number of benzene rings is 1. The first-order valence-electron chi connectivity index (χ1n) is 6.95. The third kappa shape index (κ3) is 3.16. The molecule has 1 saturated heterocycles. The van der Waals surface area contributed by atoms with E-state index in [0.29, 0.717) is 12.5 Å². The molecule has 1 aromatic rings. The summed E-state index contributed by atoms with van der Waals surface area (Å²) in [6.45, 7) is 8.59. The van der Waals surface area contributed by atoms with Crippen LogP contribution in [0.25, 0.3) is 0 Å². The summed E-state index contributed by atoms with van der Waals surface area (Å²) in [4.78, 5) is 13.4. The molecule has 0 amide bonds. The Kier molecular flexibility index (Phi) is 3.95. The quantitative estimate of drug-likeness (QED) is 0.905. The largest absolute Gasteiger partial charge is 0.481 e. The molecule has 1 aromatic carbocycles. The van der Waals surface area contributed by atoms with Crippen molar-refractivity contribution in [1.29, 1.82) is 0 Å². The van der Waals surface area contributed by atoms with E-state index in [1.807, 2.05) is 6.92 Å². The second-order valence-corrected chi connectivity index (χ2v) is 6.22. The molecular weight excluding hydrogens is 238 g/mol. The van der Waals surface area contributed by atoms with Crippen LogP contribution in [0.4, 0.5) is 0 Å². The zero-order valence-electron chi connectivity index (χ0n) is 12.0. The minimum Gasteiger partial charge on any atom is -0.481 e. The number of aliphatic carboxylic acids is 1. The van der Waals surface area contributed by atoms with E-state index in [1.54, 1.807) is 0 Å². The van der Waals surface area contributed by atoms with Gasteiger partial charge in [-0.1, -0.05) is 38.1 Å². The van der Waals surface area contributed by atoms with Crippen molar-refractivity contribution in [2.45, 2.75) is 39.7 Å². The SMILES string of the molecule is CC(C)c1ccc(CN2CCC(C)(C(=O)O)C2)cc1. The summed E-state index contributed by atoms with van der Waals surface area (Å²) in [6, 6.07) is 8.66. The molecule has 1 heterocycles. The van der Waals surface area contributed by atoms with Crippen LogP contribution in [0.2, 0.25) is 0 Å². The van der Waals surface area contributed by atoms with E-state index in [1.165, 1.54) is 11.1 Å². The van der Waals surface area contributed by atoms with E-state index in [9.17, 15) is 9.90 Å². The van der Waals surface area contributed by atoms with Crippen LogP contribution in [-0.4, -0.2) is 29.1 Å². The monoisotopic (exact) mass is 261 g/mol. The number of carbonyl (C=O) groups is 1. The lowest BCUT2D eigenvalue weighted by Crippen LogP contribution is -2.31. The summed E-state index contributed by atoms with van der Waals surface area (Å²) in [5.41, 5.74) is 2.04. The van der Waals surface area contributed by atoms with E-state index in [4.69, 9.17) is 0 Å². The molecule has 1 aliphatic heterocycles. The van der Waals surface area contributed by atoms with E-state index in [2.05, 4.69) is 43.0 Å². The Morgan fingerprint density at radius 2 is 2.00 bits per heavy atom. The summed E-state index contributed by atoms with van der Waals surface area (Å²) < 4.78 is 0. The van der Waals surface area contributed by atoms with Gasteiger partial charge in [-0.25, -0.2) is 0 Å². The minimum absolute atomic E-state index is 0.552. The standard InChI is InChI=1S/C16H23NO2/c1-12(2)14-6-4-13(5-7-14)10-17-9-8-16(3,11-17)15(18)19/h4-7,12H,8-11H2,1-3H3,(H,18,19). The Morgan fingerprint density at radius 1 is 1.37 bits per heavy atom. The topological polar surface area (TPSA) is 40.5 Å². The van der Waals surface area contributed by atoms with Crippen LogP contribution in [0.1, 0.15) is 44.2 Å². The van der Waals surface area contributed by atoms with Crippen LogP contribution in [0.5, 0.6) is 0 Å². The maximum absolute atomic E-state index is 11.2. The Bertz CT molecular complexity index is 452. The minimum atomic E-state index is -0.676. The van der Waals surface area contributed by atoms with Gasteiger partial charge in [0.05, 0.1) is 5.41 Å². The lowest BCUT2D eigenvalue weighted by molar-refractivity contribution is -0.147. The molecule has 0 spiro atoms. The molecule has 1 fully saturated rings. The van der Waals surface area contributed by atoms with Crippen molar-refractivity contribution < 1.29 is 9.90 Å². The molecule has 3 heteroatoms. The summed E-state index contributed by atoms with van der Waals surface area (Å²) in [7, 11) is 0. The molecule has 0 aromatic heterocycles. The van der Waals surface area contributed by atoms with Crippen molar-refractivity contribution in [2.75, 3.05) is 13.1 Å². The molecule has 3 nitrogen and oxygen atoms in total. The highest BCUT2D eigenvalue weighted by Crippen LogP contribution is 2.31. The first-order chi connectivity index (χ1) is 8.90. The Hall–Kier alpha value is -1.35. The molecule has 1 aliphatic rings. The van der Waals surface area contributed by atoms with Gasteiger partial charge in [0.15, 0.2) is 0 Å². The summed E-state index contributed by atoms with van der Waals surface area (Å²) in [5.74, 6) is -0.124. The van der Waals surface area contributed by atoms with Crippen molar-refractivity contribution in [2.24, 2.45) is 5.41 Å². The normalized spacial score (nSPS) is 24.0. The number of carboxylic acids is 1. The fourth-order valence-corrected chi connectivity index (χ4v) is 2.63. The van der Waals surface area contributed by atoms with Gasteiger partial charge < -0.3 is 5.11 Å². The lowest BCUT2D eigenvalue weighted by atomic mass is 9.90. The molecule has 19 heavy (non-hydrogen) atoms. The van der Waals surface area contributed by atoms with Crippen LogP contribution in [-0.2, 0) is 11.3 Å². The Labute approximate surface area is 115 Å². The zero-order valence-corrected chi connectivity index (χ0v) is 12.0. The third-order valence-electron chi connectivity index (χ3n) is 4.12. The second kappa shape index (κ2) is 5.33. The van der Waals surface area contributed by atoms with Crippen LogP contribution in [0.15, 0.2) is 24.3 Å². The highest BCUT2D eigenvalue weighted by molar-refractivity contribution is 5.74. The number of rotatable bonds is 4. The van der Waals surface area contributed by atoms with E-state index < -0.39 is 11.4 Å². The summed E-state index contributed by atoms with van der Waals surface area (Å²) in [5, 5.41) is 9.23. The fourth-order valence-electron chi connectivity index (χ4n) is 2.63. The number of carboxylic acid groups (broad SMARTS) is 1. The van der Waals surface area contributed by atoms with Crippen molar-refractivity contribution in [3.05, 3.63) is 35.4 Å². The van der Waals surface area contributed by atoms with Gasteiger partial charge in [-0.05, 0) is 36.9 Å². The summed E-state index contributed by atoms with van der Waals surface area (Å²) in [6.07, 6.45) is 0.742. The molecule has 104 valence electrons. The predicted molar refractivity (Wildman–Crippen MR) is 76.2 cm³/mol. The van der Waals surface area contributed by atoms with Gasteiger partial charge in [0, 0.05) is 13.1 Å². The maximum Gasteiger partial charge on any atom is 0.310 e. The third-order valence-corrected chi connectivity index (χ3v) is 4.12. The molecular formula is C16H23NO2. The van der Waals surface area contributed by atoms with Gasteiger partial charge in [-0.2, -0.15) is 0 Å². The molecule has 1 unspecified atom stereocenters. The molecule has 1 N–H and O–H groups in total. The van der Waals surface area contributed by atoms with Gasteiger partial charge >= 0.3 is 5.97 Å². The molecule has 1 atom stereocenters. The number of nitrogens with zero attached hydrogens (tertiary/aromatic N) is 1. The lowest BCUT2D eigenvalue weighted by Gasteiger charge is -2.20. The summed E-state index contributed by atoms with van der Waals surface area (Å²) >= 11 is 0. The maximum atomic E-state index is 11.2. The molecule has 0 bridgehead atoms. The zero-order chi connectivity index (χ0) is 14.0. The molecule has 2 rings (SSSR count). The number of hydrogen-bond donors (Lipinski definition) is 1. The van der Waals surface area contributed by atoms with Crippen molar-refractivity contribution in [1.82, 2.24) is 4.90 Å². The number of likely N-dealkylation sites (tertiary alicyclic amines) is 1. The van der Waals surface area contributed by atoms with E-state index in [-0.39, 0.29) is 0 Å². The average Bonchev–Trinajstić information content (AvgIpc) is 2.73. The van der Waals surface area contributed by atoms with Crippen LogP contribution in [0, 0.1) is 5.41 Å². The molecule has 0 radical (unpaired) electrons. The first kappa shape index (κ1) is 14.1. The van der Waals surface area contributed by atoms with Crippen LogP contribution in [0.3, 0.4) is 0 Å². The number of hydrogen-bond acceptors (Lipinski definition) is 2.